The van der Waals surface area contributed by atoms with Crippen molar-refractivity contribution in [3.05, 3.63) is 29.8 Å². The lowest BCUT2D eigenvalue weighted by Crippen LogP contribution is -2.18. The number of ether oxygens (including phenoxy) is 1. The number of thioether (sulfide) groups is 1. The minimum Gasteiger partial charge on any atom is -0.380 e. The van der Waals surface area contributed by atoms with Crippen molar-refractivity contribution < 1.29 is 4.74 Å². The molecule has 1 aliphatic heterocycles. The van der Waals surface area contributed by atoms with Gasteiger partial charge in [-0.05, 0) is 37.3 Å². The van der Waals surface area contributed by atoms with E-state index in [0.717, 1.165) is 19.6 Å². The Morgan fingerprint density at radius 3 is 3.06 bits per heavy atom. The fraction of sp³-hybridized carbons (Fsp3) is 0.538. The number of nitrogens with one attached hydrogen (secondary N) is 1. The van der Waals surface area contributed by atoms with Crippen LogP contribution < -0.4 is 5.32 Å². The van der Waals surface area contributed by atoms with Gasteiger partial charge in [0.1, 0.15) is 0 Å². The molecule has 1 aromatic carbocycles. The molecule has 0 unspecified atom stereocenters. The zero-order chi connectivity index (χ0) is 11.4. The molecular weight excluding hydrogens is 218 g/mol. The number of anilines is 1. The molecule has 88 valence electrons. The van der Waals surface area contributed by atoms with E-state index in [4.69, 9.17) is 4.74 Å². The summed E-state index contributed by atoms with van der Waals surface area (Å²) in [5, 5.41) is 4.08. The molecule has 0 saturated carbocycles. The minimum atomic E-state index is 0.486. The summed E-state index contributed by atoms with van der Waals surface area (Å²) in [5.74, 6) is 0. The maximum absolute atomic E-state index is 5.36. The van der Waals surface area contributed by atoms with E-state index >= 15 is 0 Å². The molecule has 0 amide bonds. The van der Waals surface area contributed by atoms with Gasteiger partial charge in [0.25, 0.3) is 0 Å². The van der Waals surface area contributed by atoms with Gasteiger partial charge in [0.15, 0.2) is 0 Å². The number of hydrogen-bond donors (Lipinski definition) is 1. The van der Waals surface area contributed by atoms with Crippen LogP contribution in [0.3, 0.4) is 0 Å². The molecule has 0 aromatic heterocycles. The first-order valence-corrected chi connectivity index (χ1v) is 7.05. The van der Waals surface area contributed by atoms with E-state index in [1.54, 1.807) is 0 Å². The Hall–Kier alpha value is -0.670. The van der Waals surface area contributed by atoms with Crippen molar-refractivity contribution in [3.8, 4) is 0 Å². The summed E-state index contributed by atoms with van der Waals surface area (Å²) in [6.45, 7) is 3.96. The van der Waals surface area contributed by atoms with Gasteiger partial charge >= 0.3 is 0 Å². The SMILES string of the molecule is CS[C@@H](C)c1cccc(N[C@H]2CCOC2)c1. The molecule has 16 heavy (non-hydrogen) atoms. The van der Waals surface area contributed by atoms with E-state index in [1.165, 1.54) is 11.3 Å². The van der Waals surface area contributed by atoms with Gasteiger partial charge in [-0.15, -0.1) is 0 Å². The monoisotopic (exact) mass is 237 g/mol. The van der Waals surface area contributed by atoms with Gasteiger partial charge in [0, 0.05) is 17.5 Å². The average molecular weight is 237 g/mol. The highest BCUT2D eigenvalue weighted by atomic mass is 32.2. The summed E-state index contributed by atoms with van der Waals surface area (Å²) >= 11 is 1.88. The van der Waals surface area contributed by atoms with Crippen LogP contribution in [0, 0.1) is 0 Å². The van der Waals surface area contributed by atoms with Crippen molar-refractivity contribution in [2.45, 2.75) is 24.6 Å². The van der Waals surface area contributed by atoms with Crippen molar-refractivity contribution in [3.63, 3.8) is 0 Å². The maximum atomic E-state index is 5.36. The zero-order valence-corrected chi connectivity index (χ0v) is 10.7. The van der Waals surface area contributed by atoms with Gasteiger partial charge in [-0.2, -0.15) is 11.8 Å². The smallest absolute Gasteiger partial charge is 0.0668 e. The van der Waals surface area contributed by atoms with E-state index in [2.05, 4.69) is 42.8 Å². The van der Waals surface area contributed by atoms with Gasteiger partial charge in [-0.3, -0.25) is 0 Å². The number of rotatable bonds is 4. The minimum absolute atomic E-state index is 0.486. The van der Waals surface area contributed by atoms with Crippen LogP contribution in [0.4, 0.5) is 5.69 Å². The summed E-state index contributed by atoms with van der Waals surface area (Å²) in [6, 6.07) is 9.19. The quantitative estimate of drug-likeness (QED) is 0.868. The zero-order valence-electron chi connectivity index (χ0n) is 9.90. The van der Waals surface area contributed by atoms with Gasteiger partial charge in [-0.25, -0.2) is 0 Å². The summed E-state index contributed by atoms with van der Waals surface area (Å²) < 4.78 is 5.36. The molecule has 0 radical (unpaired) electrons. The Morgan fingerprint density at radius 2 is 2.38 bits per heavy atom. The van der Waals surface area contributed by atoms with Crippen LogP contribution in [0.5, 0.6) is 0 Å². The predicted molar refractivity (Wildman–Crippen MR) is 71.2 cm³/mol. The molecule has 0 aliphatic carbocycles. The lowest BCUT2D eigenvalue weighted by atomic mass is 10.1. The van der Waals surface area contributed by atoms with Crippen molar-refractivity contribution in [1.82, 2.24) is 0 Å². The van der Waals surface area contributed by atoms with Crippen LogP contribution in [-0.2, 0) is 4.74 Å². The molecule has 1 aromatic rings. The summed E-state index contributed by atoms with van der Waals surface area (Å²) in [6.07, 6.45) is 3.26. The van der Waals surface area contributed by atoms with Gasteiger partial charge in [-0.1, -0.05) is 12.1 Å². The van der Waals surface area contributed by atoms with E-state index in [9.17, 15) is 0 Å². The third-order valence-corrected chi connectivity index (χ3v) is 3.99. The predicted octanol–water partition coefficient (Wildman–Crippen LogP) is 3.31. The van der Waals surface area contributed by atoms with E-state index in [-0.39, 0.29) is 0 Å². The second kappa shape index (κ2) is 5.60. The first kappa shape index (κ1) is 11.8. The highest BCUT2D eigenvalue weighted by Gasteiger charge is 2.15. The fourth-order valence-corrected chi connectivity index (χ4v) is 2.32. The lowest BCUT2D eigenvalue weighted by Gasteiger charge is -2.15. The normalized spacial score (nSPS) is 22.0. The van der Waals surface area contributed by atoms with Crippen molar-refractivity contribution in [1.29, 1.82) is 0 Å². The van der Waals surface area contributed by atoms with Crippen LogP contribution in [0.2, 0.25) is 0 Å². The third kappa shape index (κ3) is 2.92. The standard InChI is InChI=1S/C13H19NOS/c1-10(16-2)11-4-3-5-12(8-11)14-13-6-7-15-9-13/h3-5,8,10,13-14H,6-7,9H2,1-2H3/t10-,13-/m0/s1. The largest absolute Gasteiger partial charge is 0.380 e. The highest BCUT2D eigenvalue weighted by Crippen LogP contribution is 2.27. The molecule has 2 nitrogen and oxygen atoms in total. The summed E-state index contributed by atoms with van der Waals surface area (Å²) in [7, 11) is 0. The first-order valence-electron chi connectivity index (χ1n) is 5.76. The molecule has 1 saturated heterocycles. The number of benzene rings is 1. The van der Waals surface area contributed by atoms with Crippen LogP contribution in [0.15, 0.2) is 24.3 Å². The Kier molecular flexibility index (Phi) is 4.13. The Morgan fingerprint density at radius 1 is 1.50 bits per heavy atom. The number of hydrogen-bond acceptors (Lipinski definition) is 3. The average Bonchev–Trinajstić information content (AvgIpc) is 2.81. The molecule has 2 rings (SSSR count). The van der Waals surface area contributed by atoms with Crippen molar-refractivity contribution in [2.75, 3.05) is 24.8 Å². The molecule has 1 N–H and O–H groups in total. The van der Waals surface area contributed by atoms with Crippen LogP contribution in [0.25, 0.3) is 0 Å². The fourth-order valence-electron chi connectivity index (χ4n) is 1.90. The summed E-state index contributed by atoms with van der Waals surface area (Å²) in [4.78, 5) is 0. The molecule has 1 fully saturated rings. The molecule has 1 aliphatic rings. The molecular formula is C13H19NOS. The van der Waals surface area contributed by atoms with Gasteiger partial charge in [0.05, 0.1) is 12.6 Å². The van der Waals surface area contributed by atoms with Crippen LogP contribution >= 0.6 is 11.8 Å². The topological polar surface area (TPSA) is 21.3 Å². The first-order chi connectivity index (χ1) is 7.79. The van der Waals surface area contributed by atoms with Gasteiger partial charge < -0.3 is 10.1 Å². The summed E-state index contributed by atoms with van der Waals surface area (Å²) in [5.41, 5.74) is 2.60. The van der Waals surface area contributed by atoms with E-state index < -0.39 is 0 Å². The molecule has 3 heteroatoms. The van der Waals surface area contributed by atoms with Crippen molar-refractivity contribution >= 4 is 17.4 Å². The van der Waals surface area contributed by atoms with Crippen LogP contribution in [0.1, 0.15) is 24.2 Å². The Labute approximate surface area is 102 Å². The third-order valence-electron chi connectivity index (χ3n) is 3.01. The molecule has 1 heterocycles. The molecule has 2 atom stereocenters. The van der Waals surface area contributed by atoms with Gasteiger partial charge in [0.2, 0.25) is 0 Å². The Balaban J connectivity index is 2.03. The Bertz CT molecular complexity index is 336. The van der Waals surface area contributed by atoms with Crippen LogP contribution in [-0.4, -0.2) is 25.5 Å². The van der Waals surface area contributed by atoms with E-state index in [0.29, 0.717) is 11.3 Å². The molecule has 0 spiro atoms. The second-order valence-corrected chi connectivity index (χ2v) is 5.39. The van der Waals surface area contributed by atoms with E-state index in [1.807, 2.05) is 11.8 Å². The molecule has 0 bridgehead atoms. The lowest BCUT2D eigenvalue weighted by molar-refractivity contribution is 0.195. The van der Waals surface area contributed by atoms with Crippen molar-refractivity contribution in [2.24, 2.45) is 0 Å². The highest BCUT2D eigenvalue weighted by molar-refractivity contribution is 7.98. The second-order valence-electron chi connectivity index (χ2n) is 4.21. The maximum Gasteiger partial charge on any atom is 0.0668 e.